The molecular formula is C20H20F3N5O4. The summed E-state index contributed by atoms with van der Waals surface area (Å²) in [7, 11) is 0. The van der Waals surface area contributed by atoms with E-state index in [4.69, 9.17) is 9.84 Å². The van der Waals surface area contributed by atoms with E-state index in [1.54, 1.807) is 13.8 Å². The number of hydrogen-bond donors (Lipinski definition) is 2. The van der Waals surface area contributed by atoms with Crippen LogP contribution in [-0.2, 0) is 24.2 Å². The maximum atomic E-state index is 12.8. The van der Waals surface area contributed by atoms with Crippen molar-refractivity contribution in [2.45, 2.75) is 39.7 Å². The first-order valence-electron chi connectivity index (χ1n) is 9.44. The Labute approximate surface area is 180 Å². The molecule has 0 spiro atoms. The molecule has 1 amide bonds. The lowest BCUT2D eigenvalue weighted by Crippen LogP contribution is -2.16. The standard InChI is InChI=1S/C20H20F3N5O4/c1-12-18(25-17(29)6-7-27-10-14(9-24-27)19(30)31)13(2)28(26-12)11-32-16-5-3-4-15(8-16)20(21,22)23/h3-5,8-10H,6-7,11H2,1-2H3,(H,25,29)(H,30,31). The van der Waals surface area contributed by atoms with Crippen molar-refractivity contribution in [1.82, 2.24) is 19.6 Å². The Hall–Kier alpha value is -3.83. The highest BCUT2D eigenvalue weighted by atomic mass is 19.4. The fraction of sp³-hybridized carbons (Fsp3) is 0.300. The SMILES string of the molecule is Cc1nn(COc2cccc(C(F)(F)F)c2)c(C)c1NC(=O)CCn1cc(C(=O)O)cn1. The maximum absolute atomic E-state index is 12.8. The molecule has 9 nitrogen and oxygen atoms in total. The molecule has 0 aliphatic heterocycles. The number of hydrogen-bond acceptors (Lipinski definition) is 5. The van der Waals surface area contributed by atoms with Crippen molar-refractivity contribution in [3.05, 3.63) is 59.2 Å². The summed E-state index contributed by atoms with van der Waals surface area (Å²) in [6.45, 7) is 3.41. The third kappa shape index (κ3) is 5.45. The summed E-state index contributed by atoms with van der Waals surface area (Å²) >= 11 is 0. The Kier molecular flexibility index (Phi) is 6.51. The largest absolute Gasteiger partial charge is 0.478 e. The van der Waals surface area contributed by atoms with Gasteiger partial charge in [0.2, 0.25) is 5.91 Å². The molecule has 32 heavy (non-hydrogen) atoms. The minimum atomic E-state index is -4.47. The third-order valence-electron chi connectivity index (χ3n) is 4.61. The smallest absolute Gasteiger partial charge is 0.416 e. The number of halogens is 3. The zero-order valence-corrected chi connectivity index (χ0v) is 17.2. The van der Waals surface area contributed by atoms with E-state index in [9.17, 15) is 22.8 Å². The number of aromatic nitrogens is 4. The summed E-state index contributed by atoms with van der Waals surface area (Å²) in [6.07, 6.45) is -1.90. The van der Waals surface area contributed by atoms with Gasteiger partial charge in [-0.25, -0.2) is 9.48 Å². The Morgan fingerprint density at radius 1 is 1.25 bits per heavy atom. The average Bonchev–Trinajstić information content (AvgIpc) is 3.31. The Bertz CT molecular complexity index is 1140. The zero-order valence-electron chi connectivity index (χ0n) is 17.2. The Balaban J connectivity index is 1.60. The van der Waals surface area contributed by atoms with Gasteiger partial charge in [-0.15, -0.1) is 0 Å². The molecule has 0 radical (unpaired) electrons. The predicted octanol–water partition coefficient (Wildman–Crippen LogP) is 3.48. The summed E-state index contributed by atoms with van der Waals surface area (Å²) in [5.41, 5.74) is 0.753. The van der Waals surface area contributed by atoms with E-state index in [-0.39, 0.29) is 36.9 Å². The first kappa shape index (κ1) is 22.8. The summed E-state index contributed by atoms with van der Waals surface area (Å²) in [5, 5.41) is 19.8. The molecule has 3 aromatic rings. The monoisotopic (exact) mass is 451 g/mol. The number of ether oxygens (including phenoxy) is 1. The first-order valence-corrected chi connectivity index (χ1v) is 9.44. The van der Waals surface area contributed by atoms with Crippen LogP contribution in [0.3, 0.4) is 0 Å². The second-order valence-corrected chi connectivity index (χ2v) is 6.94. The topological polar surface area (TPSA) is 111 Å². The molecule has 3 rings (SSSR count). The summed E-state index contributed by atoms with van der Waals surface area (Å²) < 4.78 is 46.7. The Morgan fingerprint density at radius 2 is 2.00 bits per heavy atom. The number of alkyl halides is 3. The number of carboxylic acid groups (broad SMARTS) is 1. The van der Waals surface area contributed by atoms with Gasteiger partial charge in [0.25, 0.3) is 0 Å². The first-order chi connectivity index (χ1) is 15.0. The minimum absolute atomic E-state index is 0.0270. The van der Waals surface area contributed by atoms with Gasteiger partial charge in [-0.3, -0.25) is 9.48 Å². The van der Waals surface area contributed by atoms with E-state index < -0.39 is 17.7 Å². The van der Waals surface area contributed by atoms with Crippen molar-refractivity contribution in [1.29, 1.82) is 0 Å². The Morgan fingerprint density at radius 3 is 2.66 bits per heavy atom. The van der Waals surface area contributed by atoms with Gasteiger partial charge in [-0.05, 0) is 32.0 Å². The van der Waals surface area contributed by atoms with E-state index in [1.165, 1.54) is 33.9 Å². The molecule has 0 fully saturated rings. The molecule has 0 saturated carbocycles. The quantitative estimate of drug-likeness (QED) is 0.543. The van der Waals surface area contributed by atoms with Gasteiger partial charge in [0.15, 0.2) is 6.73 Å². The lowest BCUT2D eigenvalue weighted by atomic mass is 10.2. The van der Waals surface area contributed by atoms with Gasteiger partial charge in [0.05, 0.1) is 34.4 Å². The highest BCUT2D eigenvalue weighted by Gasteiger charge is 2.30. The number of carbonyl (C=O) groups is 2. The molecule has 12 heteroatoms. The van der Waals surface area contributed by atoms with Crippen LogP contribution in [0.5, 0.6) is 5.75 Å². The van der Waals surface area contributed by atoms with E-state index in [0.29, 0.717) is 17.1 Å². The number of amides is 1. The summed E-state index contributed by atoms with van der Waals surface area (Å²) in [6, 6.07) is 4.52. The molecule has 2 N–H and O–H groups in total. The normalized spacial score (nSPS) is 11.4. The van der Waals surface area contributed by atoms with Crippen molar-refractivity contribution in [2.75, 3.05) is 5.32 Å². The molecule has 2 aromatic heterocycles. The van der Waals surface area contributed by atoms with Crippen LogP contribution in [-0.4, -0.2) is 36.5 Å². The van der Waals surface area contributed by atoms with E-state index in [2.05, 4.69) is 15.5 Å². The molecule has 0 bridgehead atoms. The maximum Gasteiger partial charge on any atom is 0.416 e. The van der Waals surface area contributed by atoms with Crippen LogP contribution in [0.2, 0.25) is 0 Å². The van der Waals surface area contributed by atoms with Gasteiger partial charge in [-0.2, -0.15) is 23.4 Å². The molecule has 0 atom stereocenters. The van der Waals surface area contributed by atoms with Gasteiger partial charge in [-0.1, -0.05) is 6.07 Å². The highest BCUT2D eigenvalue weighted by Crippen LogP contribution is 2.31. The molecule has 2 heterocycles. The van der Waals surface area contributed by atoms with Gasteiger partial charge < -0.3 is 15.2 Å². The van der Waals surface area contributed by atoms with Crippen molar-refractivity contribution in [2.24, 2.45) is 0 Å². The van der Waals surface area contributed by atoms with Crippen LogP contribution in [0.1, 0.15) is 33.7 Å². The highest BCUT2D eigenvalue weighted by molar-refractivity contribution is 5.91. The number of anilines is 1. The van der Waals surface area contributed by atoms with E-state index >= 15 is 0 Å². The number of aromatic carboxylic acids is 1. The number of aryl methyl sites for hydroxylation is 2. The fourth-order valence-corrected chi connectivity index (χ4v) is 2.92. The third-order valence-corrected chi connectivity index (χ3v) is 4.61. The average molecular weight is 451 g/mol. The molecule has 1 aromatic carbocycles. The zero-order chi connectivity index (χ0) is 23.5. The molecule has 170 valence electrons. The lowest BCUT2D eigenvalue weighted by molar-refractivity contribution is -0.137. The van der Waals surface area contributed by atoms with Gasteiger partial charge >= 0.3 is 12.1 Å². The summed E-state index contributed by atoms with van der Waals surface area (Å²) in [4.78, 5) is 23.2. The fourth-order valence-electron chi connectivity index (χ4n) is 2.92. The van der Waals surface area contributed by atoms with Gasteiger partial charge in [0.1, 0.15) is 5.75 Å². The lowest BCUT2D eigenvalue weighted by Gasteiger charge is -2.11. The molecule has 0 saturated heterocycles. The van der Waals surface area contributed by atoms with Crippen LogP contribution in [0.25, 0.3) is 0 Å². The summed E-state index contributed by atoms with van der Waals surface area (Å²) in [5.74, 6) is -1.40. The number of carboxylic acids is 1. The predicted molar refractivity (Wildman–Crippen MR) is 106 cm³/mol. The van der Waals surface area contributed by atoms with E-state index in [0.717, 1.165) is 12.1 Å². The van der Waals surface area contributed by atoms with Crippen LogP contribution >= 0.6 is 0 Å². The van der Waals surface area contributed by atoms with Crippen LogP contribution in [0.4, 0.5) is 18.9 Å². The van der Waals surface area contributed by atoms with Crippen molar-refractivity contribution >= 4 is 17.6 Å². The second-order valence-electron chi connectivity index (χ2n) is 6.94. The number of nitrogens with one attached hydrogen (secondary N) is 1. The second kappa shape index (κ2) is 9.12. The number of carbonyl (C=O) groups excluding carboxylic acids is 1. The molecule has 0 aliphatic rings. The van der Waals surface area contributed by atoms with E-state index in [1.807, 2.05) is 0 Å². The molecule has 0 unspecified atom stereocenters. The van der Waals surface area contributed by atoms with Crippen molar-refractivity contribution in [3.63, 3.8) is 0 Å². The molecule has 0 aliphatic carbocycles. The number of rotatable bonds is 8. The van der Waals surface area contributed by atoms with Crippen molar-refractivity contribution < 1.29 is 32.6 Å². The molecular weight excluding hydrogens is 431 g/mol. The van der Waals surface area contributed by atoms with Crippen LogP contribution in [0.15, 0.2) is 36.7 Å². The minimum Gasteiger partial charge on any atom is -0.478 e. The van der Waals surface area contributed by atoms with Crippen molar-refractivity contribution in [3.8, 4) is 5.75 Å². The number of nitrogens with zero attached hydrogens (tertiary/aromatic N) is 4. The van der Waals surface area contributed by atoms with Gasteiger partial charge in [0, 0.05) is 19.2 Å². The number of benzene rings is 1. The van der Waals surface area contributed by atoms with Crippen LogP contribution in [0, 0.1) is 13.8 Å². The van der Waals surface area contributed by atoms with Crippen LogP contribution < -0.4 is 10.1 Å².